The van der Waals surface area contributed by atoms with Crippen molar-refractivity contribution >= 4 is 11.0 Å². The largest absolute Gasteiger partial charge is 0.481 e. The fourth-order valence-corrected chi connectivity index (χ4v) is 3.12. The third-order valence-corrected chi connectivity index (χ3v) is 4.63. The summed E-state index contributed by atoms with van der Waals surface area (Å²) in [5.74, 6) is 0.465. The highest BCUT2D eigenvalue weighted by atomic mass is 16.5. The number of benzene rings is 1. The molecule has 4 aromatic rings. The van der Waals surface area contributed by atoms with Gasteiger partial charge in [-0.1, -0.05) is 12.1 Å². The zero-order chi connectivity index (χ0) is 19.7. The molecular formula is C22H16N4O2. The van der Waals surface area contributed by atoms with Crippen LogP contribution in [0.1, 0.15) is 11.1 Å². The van der Waals surface area contributed by atoms with Gasteiger partial charge in [-0.05, 0) is 36.2 Å². The Bertz CT molecular complexity index is 1300. The monoisotopic (exact) mass is 368 g/mol. The minimum atomic E-state index is -0.114. The van der Waals surface area contributed by atoms with Crippen molar-refractivity contribution in [1.29, 1.82) is 5.26 Å². The third kappa shape index (κ3) is 2.99. The summed E-state index contributed by atoms with van der Waals surface area (Å²) in [6.45, 7) is 1.89. The maximum Gasteiger partial charge on any atom is 0.213 e. The molecule has 28 heavy (non-hydrogen) atoms. The van der Waals surface area contributed by atoms with Crippen molar-refractivity contribution in [2.75, 3.05) is 7.11 Å². The number of methoxy groups -OCH3 is 1. The zero-order valence-corrected chi connectivity index (χ0v) is 15.4. The Morgan fingerprint density at radius 2 is 1.96 bits per heavy atom. The van der Waals surface area contributed by atoms with E-state index >= 15 is 0 Å². The Balaban J connectivity index is 2.06. The van der Waals surface area contributed by atoms with Gasteiger partial charge in [-0.15, -0.1) is 0 Å². The lowest BCUT2D eigenvalue weighted by atomic mass is 9.96. The molecule has 0 radical (unpaired) electrons. The number of aromatic amines is 1. The highest BCUT2D eigenvalue weighted by Crippen LogP contribution is 2.34. The summed E-state index contributed by atoms with van der Waals surface area (Å²) in [5.41, 5.74) is 4.89. The lowest BCUT2D eigenvalue weighted by Gasteiger charge is -2.12. The number of hydrogen-bond acceptors (Lipinski definition) is 5. The number of fused-ring (bicyclic) bond motifs is 1. The summed E-state index contributed by atoms with van der Waals surface area (Å²) in [6.07, 6.45) is 3.22. The molecule has 136 valence electrons. The molecule has 3 aromatic heterocycles. The van der Waals surface area contributed by atoms with Crippen molar-refractivity contribution in [3.8, 4) is 34.3 Å². The van der Waals surface area contributed by atoms with E-state index < -0.39 is 0 Å². The standard InChI is InChI=1S/C22H16N4O2/c1-13-3-4-15(9-16(13)12-23)21-17(14-5-7-24-20(10-14)28-2)11-18-19(27)6-8-25-22(18)26-21/h3-11H,1-2H3,(H,25,26,27). The van der Waals surface area contributed by atoms with Crippen molar-refractivity contribution in [3.63, 3.8) is 0 Å². The first-order chi connectivity index (χ1) is 13.6. The van der Waals surface area contributed by atoms with E-state index in [1.165, 1.54) is 6.07 Å². The van der Waals surface area contributed by atoms with Crippen LogP contribution in [0.4, 0.5) is 0 Å². The van der Waals surface area contributed by atoms with Crippen LogP contribution < -0.4 is 10.2 Å². The summed E-state index contributed by atoms with van der Waals surface area (Å²) in [5, 5.41) is 9.90. The van der Waals surface area contributed by atoms with E-state index in [2.05, 4.69) is 16.0 Å². The van der Waals surface area contributed by atoms with Crippen molar-refractivity contribution in [1.82, 2.24) is 15.0 Å². The van der Waals surface area contributed by atoms with Gasteiger partial charge in [0, 0.05) is 35.7 Å². The molecule has 0 spiro atoms. The Kier molecular flexibility index (Phi) is 4.34. The lowest BCUT2D eigenvalue weighted by Crippen LogP contribution is -2.03. The highest BCUT2D eigenvalue weighted by molar-refractivity contribution is 5.90. The Labute approximate surface area is 161 Å². The van der Waals surface area contributed by atoms with E-state index in [-0.39, 0.29) is 5.43 Å². The summed E-state index contributed by atoms with van der Waals surface area (Å²) in [4.78, 5) is 24.2. The van der Waals surface area contributed by atoms with Gasteiger partial charge < -0.3 is 9.72 Å². The van der Waals surface area contributed by atoms with Crippen LogP contribution >= 0.6 is 0 Å². The Hall–Kier alpha value is -3.98. The summed E-state index contributed by atoms with van der Waals surface area (Å²) in [7, 11) is 1.55. The maximum absolute atomic E-state index is 12.3. The van der Waals surface area contributed by atoms with E-state index in [1.54, 1.807) is 25.6 Å². The summed E-state index contributed by atoms with van der Waals surface area (Å²) < 4.78 is 5.24. The number of pyridine rings is 3. The van der Waals surface area contributed by atoms with Gasteiger partial charge in [0.2, 0.25) is 5.88 Å². The molecule has 0 saturated heterocycles. The molecule has 0 aliphatic heterocycles. The first-order valence-electron chi connectivity index (χ1n) is 8.64. The van der Waals surface area contributed by atoms with Crippen molar-refractivity contribution in [2.24, 2.45) is 0 Å². The number of H-pyrrole nitrogens is 1. The van der Waals surface area contributed by atoms with E-state index in [1.807, 2.05) is 37.3 Å². The van der Waals surface area contributed by atoms with E-state index in [9.17, 15) is 10.1 Å². The molecule has 0 aliphatic carbocycles. The minimum Gasteiger partial charge on any atom is -0.481 e. The topological polar surface area (TPSA) is 91.7 Å². The second kappa shape index (κ2) is 6.97. The molecule has 0 aliphatic rings. The molecule has 4 rings (SSSR count). The Morgan fingerprint density at radius 1 is 1.11 bits per heavy atom. The van der Waals surface area contributed by atoms with Crippen LogP contribution in [0.15, 0.2) is 59.7 Å². The van der Waals surface area contributed by atoms with Crippen molar-refractivity contribution in [2.45, 2.75) is 6.92 Å². The highest BCUT2D eigenvalue weighted by Gasteiger charge is 2.15. The van der Waals surface area contributed by atoms with Crippen LogP contribution in [0.25, 0.3) is 33.4 Å². The van der Waals surface area contributed by atoms with Gasteiger partial charge in [-0.25, -0.2) is 9.97 Å². The second-order valence-electron chi connectivity index (χ2n) is 6.35. The molecular weight excluding hydrogens is 352 g/mol. The van der Waals surface area contributed by atoms with Crippen LogP contribution in [0.3, 0.4) is 0 Å². The normalized spacial score (nSPS) is 10.6. The van der Waals surface area contributed by atoms with Crippen molar-refractivity contribution in [3.05, 3.63) is 76.2 Å². The average Bonchev–Trinajstić information content (AvgIpc) is 2.73. The van der Waals surface area contributed by atoms with Crippen LogP contribution in [0.5, 0.6) is 5.88 Å². The van der Waals surface area contributed by atoms with Gasteiger partial charge in [0.05, 0.1) is 29.8 Å². The molecule has 0 bridgehead atoms. The number of aryl methyl sites for hydroxylation is 1. The summed E-state index contributed by atoms with van der Waals surface area (Å²) in [6, 6.07) is 14.8. The SMILES string of the molecule is COc1cc(-c2cc3c(=O)cc[nH]c3nc2-c2ccc(C)c(C#N)c2)ccn1. The molecule has 6 nitrogen and oxygen atoms in total. The fourth-order valence-electron chi connectivity index (χ4n) is 3.12. The van der Waals surface area contributed by atoms with Crippen LogP contribution in [0.2, 0.25) is 0 Å². The lowest BCUT2D eigenvalue weighted by molar-refractivity contribution is 0.398. The number of nitrogens with zero attached hydrogens (tertiary/aromatic N) is 3. The molecule has 0 saturated carbocycles. The first-order valence-corrected chi connectivity index (χ1v) is 8.64. The molecule has 0 atom stereocenters. The quantitative estimate of drug-likeness (QED) is 0.593. The number of nitriles is 1. The Morgan fingerprint density at radius 3 is 2.75 bits per heavy atom. The number of nitrogens with one attached hydrogen (secondary N) is 1. The number of hydrogen-bond donors (Lipinski definition) is 1. The predicted molar refractivity (Wildman–Crippen MR) is 107 cm³/mol. The fraction of sp³-hybridized carbons (Fsp3) is 0.0909. The van der Waals surface area contributed by atoms with Gasteiger partial charge in [0.25, 0.3) is 0 Å². The number of ether oxygens (including phenoxy) is 1. The van der Waals surface area contributed by atoms with Gasteiger partial charge in [0.1, 0.15) is 5.65 Å². The molecule has 0 amide bonds. The molecule has 3 heterocycles. The van der Waals surface area contributed by atoms with Crippen molar-refractivity contribution < 1.29 is 4.74 Å². The molecule has 0 fully saturated rings. The molecule has 0 unspecified atom stereocenters. The molecule has 1 N–H and O–H groups in total. The predicted octanol–water partition coefficient (Wildman–Crippen LogP) is 3.84. The minimum absolute atomic E-state index is 0.114. The van der Waals surface area contributed by atoms with Crippen LogP contribution in [-0.4, -0.2) is 22.1 Å². The van der Waals surface area contributed by atoms with Crippen LogP contribution in [0, 0.1) is 18.3 Å². The number of aromatic nitrogens is 3. The van der Waals surface area contributed by atoms with Gasteiger partial charge in [-0.2, -0.15) is 5.26 Å². The maximum atomic E-state index is 12.3. The third-order valence-electron chi connectivity index (χ3n) is 4.63. The second-order valence-corrected chi connectivity index (χ2v) is 6.35. The zero-order valence-electron chi connectivity index (χ0n) is 15.4. The number of rotatable bonds is 3. The van der Waals surface area contributed by atoms with Crippen LogP contribution in [-0.2, 0) is 0 Å². The smallest absolute Gasteiger partial charge is 0.213 e. The van der Waals surface area contributed by atoms with E-state index in [0.29, 0.717) is 28.2 Å². The van der Waals surface area contributed by atoms with E-state index in [0.717, 1.165) is 22.3 Å². The van der Waals surface area contributed by atoms with E-state index in [4.69, 9.17) is 9.72 Å². The summed E-state index contributed by atoms with van der Waals surface area (Å²) >= 11 is 0. The molecule has 1 aromatic carbocycles. The van der Waals surface area contributed by atoms with Gasteiger partial charge >= 0.3 is 0 Å². The first kappa shape index (κ1) is 17.4. The average molecular weight is 368 g/mol. The van der Waals surface area contributed by atoms with Gasteiger partial charge in [-0.3, -0.25) is 4.79 Å². The van der Waals surface area contributed by atoms with Gasteiger partial charge in [0.15, 0.2) is 5.43 Å². The molecule has 6 heteroatoms.